The van der Waals surface area contributed by atoms with Crippen LogP contribution >= 0.6 is 11.8 Å². The molecule has 1 aromatic heterocycles. The summed E-state index contributed by atoms with van der Waals surface area (Å²) in [5, 5.41) is 18.3. The number of nitrogens with one attached hydrogen (secondary N) is 1. The minimum absolute atomic E-state index is 0.0854. The monoisotopic (exact) mass is 356 g/mol. The molecule has 0 fully saturated rings. The van der Waals surface area contributed by atoms with Crippen LogP contribution in [0.25, 0.3) is 0 Å². The number of rotatable bonds is 7. The molecule has 1 N–H and O–H groups in total. The SMILES string of the molecule is Cc1ccccc1OCc1nc(SCc2ccc([N+](=O)[O-])cc2)n[nH]1. The van der Waals surface area contributed by atoms with E-state index in [0.717, 1.165) is 16.9 Å². The lowest BCUT2D eigenvalue weighted by Crippen LogP contribution is -1.98. The van der Waals surface area contributed by atoms with Crippen molar-refractivity contribution in [3.8, 4) is 5.75 Å². The summed E-state index contributed by atoms with van der Waals surface area (Å²) in [6, 6.07) is 14.2. The van der Waals surface area contributed by atoms with Gasteiger partial charge in [0.25, 0.3) is 5.69 Å². The normalized spacial score (nSPS) is 10.6. The number of H-pyrrole nitrogens is 1. The first-order chi connectivity index (χ1) is 12.1. The largest absolute Gasteiger partial charge is 0.485 e. The zero-order valence-corrected chi connectivity index (χ0v) is 14.3. The second-order valence-electron chi connectivity index (χ2n) is 5.33. The van der Waals surface area contributed by atoms with Gasteiger partial charge in [0.2, 0.25) is 5.16 Å². The van der Waals surface area contributed by atoms with Crippen molar-refractivity contribution in [1.29, 1.82) is 0 Å². The first-order valence-corrected chi connectivity index (χ1v) is 8.56. The number of hydrogen-bond acceptors (Lipinski definition) is 6. The number of aryl methyl sites for hydroxylation is 1. The molecule has 0 amide bonds. The van der Waals surface area contributed by atoms with Crippen LogP contribution in [0.3, 0.4) is 0 Å². The van der Waals surface area contributed by atoms with E-state index in [1.165, 1.54) is 23.9 Å². The van der Waals surface area contributed by atoms with Crippen molar-refractivity contribution in [3.05, 3.63) is 75.6 Å². The Morgan fingerprint density at radius 1 is 1.20 bits per heavy atom. The number of nitro benzene ring substituents is 1. The third kappa shape index (κ3) is 4.57. The van der Waals surface area contributed by atoms with Crippen molar-refractivity contribution in [2.45, 2.75) is 24.4 Å². The number of para-hydroxylation sites is 1. The van der Waals surface area contributed by atoms with E-state index in [1.807, 2.05) is 31.2 Å². The summed E-state index contributed by atoms with van der Waals surface area (Å²) in [5.41, 5.74) is 2.12. The number of hydrogen-bond donors (Lipinski definition) is 1. The highest BCUT2D eigenvalue weighted by Gasteiger charge is 2.08. The predicted molar refractivity (Wildman–Crippen MR) is 94.6 cm³/mol. The van der Waals surface area contributed by atoms with E-state index in [-0.39, 0.29) is 5.69 Å². The average molecular weight is 356 g/mol. The van der Waals surface area contributed by atoms with Gasteiger partial charge in [-0.25, -0.2) is 4.98 Å². The van der Waals surface area contributed by atoms with Crippen LogP contribution in [0.15, 0.2) is 53.7 Å². The molecule has 0 radical (unpaired) electrons. The maximum Gasteiger partial charge on any atom is 0.269 e. The van der Waals surface area contributed by atoms with Crippen molar-refractivity contribution in [2.24, 2.45) is 0 Å². The minimum atomic E-state index is -0.410. The molecule has 0 bridgehead atoms. The highest BCUT2D eigenvalue weighted by molar-refractivity contribution is 7.98. The van der Waals surface area contributed by atoms with Gasteiger partial charge in [0.05, 0.1) is 4.92 Å². The molecule has 0 aliphatic rings. The Kier molecular flexibility index (Phi) is 5.30. The molecule has 25 heavy (non-hydrogen) atoms. The predicted octanol–water partition coefficient (Wildman–Crippen LogP) is 3.89. The van der Waals surface area contributed by atoms with Gasteiger partial charge in [0.1, 0.15) is 12.4 Å². The van der Waals surface area contributed by atoms with Crippen LogP contribution < -0.4 is 4.74 Å². The summed E-state index contributed by atoms with van der Waals surface area (Å²) in [6.07, 6.45) is 0. The molecular formula is C17H16N4O3S. The first-order valence-electron chi connectivity index (χ1n) is 7.57. The third-order valence-electron chi connectivity index (χ3n) is 3.48. The van der Waals surface area contributed by atoms with E-state index in [0.29, 0.717) is 23.3 Å². The highest BCUT2D eigenvalue weighted by Crippen LogP contribution is 2.22. The maximum absolute atomic E-state index is 10.6. The molecule has 1 heterocycles. The summed E-state index contributed by atoms with van der Waals surface area (Å²) >= 11 is 1.45. The molecule has 7 nitrogen and oxygen atoms in total. The molecule has 2 aromatic carbocycles. The van der Waals surface area contributed by atoms with Crippen LogP contribution in [0.1, 0.15) is 17.0 Å². The Morgan fingerprint density at radius 2 is 1.96 bits per heavy atom. The fraction of sp³-hybridized carbons (Fsp3) is 0.176. The molecule has 3 aromatic rings. The Bertz CT molecular complexity index is 864. The number of aromatic nitrogens is 3. The second kappa shape index (κ2) is 7.80. The van der Waals surface area contributed by atoms with Crippen LogP contribution in [-0.2, 0) is 12.4 Å². The molecule has 0 spiro atoms. The van der Waals surface area contributed by atoms with Crippen molar-refractivity contribution in [3.63, 3.8) is 0 Å². The van der Waals surface area contributed by atoms with Crippen molar-refractivity contribution in [2.75, 3.05) is 0 Å². The van der Waals surface area contributed by atoms with Crippen LogP contribution in [0.4, 0.5) is 5.69 Å². The number of ether oxygens (including phenoxy) is 1. The van der Waals surface area contributed by atoms with E-state index in [4.69, 9.17) is 4.74 Å². The molecule has 8 heteroatoms. The summed E-state index contributed by atoms with van der Waals surface area (Å²) in [7, 11) is 0. The Balaban J connectivity index is 1.53. The van der Waals surface area contributed by atoms with E-state index in [9.17, 15) is 10.1 Å². The molecule has 0 unspecified atom stereocenters. The molecule has 0 saturated carbocycles. The van der Waals surface area contributed by atoms with Gasteiger partial charge in [-0.2, -0.15) is 0 Å². The van der Waals surface area contributed by atoms with Crippen LogP contribution in [0, 0.1) is 17.0 Å². The van der Waals surface area contributed by atoms with Crippen molar-refractivity contribution < 1.29 is 9.66 Å². The number of benzene rings is 2. The summed E-state index contributed by atoms with van der Waals surface area (Å²) in [4.78, 5) is 14.6. The maximum atomic E-state index is 10.6. The Morgan fingerprint density at radius 3 is 2.68 bits per heavy atom. The number of aromatic amines is 1. The van der Waals surface area contributed by atoms with Crippen molar-refractivity contribution in [1.82, 2.24) is 15.2 Å². The van der Waals surface area contributed by atoms with Crippen LogP contribution in [0.2, 0.25) is 0 Å². The molecule has 3 rings (SSSR count). The van der Waals surface area contributed by atoms with E-state index >= 15 is 0 Å². The smallest absolute Gasteiger partial charge is 0.269 e. The lowest BCUT2D eigenvalue weighted by Gasteiger charge is -2.06. The fourth-order valence-electron chi connectivity index (χ4n) is 2.13. The number of nitrogens with zero attached hydrogens (tertiary/aromatic N) is 3. The van der Waals surface area contributed by atoms with Gasteiger partial charge in [-0.1, -0.05) is 42.1 Å². The zero-order chi connectivity index (χ0) is 17.6. The van der Waals surface area contributed by atoms with E-state index in [1.54, 1.807) is 12.1 Å². The molecule has 0 atom stereocenters. The van der Waals surface area contributed by atoms with Crippen molar-refractivity contribution >= 4 is 17.4 Å². The quantitative estimate of drug-likeness (QED) is 0.392. The standard InChI is InChI=1S/C17H16N4O3S/c1-12-4-2-3-5-15(12)24-10-16-18-17(20-19-16)25-11-13-6-8-14(9-7-13)21(22)23/h2-9H,10-11H2,1H3,(H,18,19,20). The highest BCUT2D eigenvalue weighted by atomic mass is 32.2. The second-order valence-corrected chi connectivity index (χ2v) is 6.27. The first kappa shape index (κ1) is 17.0. The molecule has 0 aliphatic carbocycles. The lowest BCUT2D eigenvalue weighted by molar-refractivity contribution is -0.384. The van der Waals surface area contributed by atoms with Crippen LogP contribution in [0.5, 0.6) is 5.75 Å². The average Bonchev–Trinajstić information content (AvgIpc) is 3.07. The van der Waals surface area contributed by atoms with Gasteiger partial charge in [-0.15, -0.1) is 5.10 Å². The van der Waals surface area contributed by atoms with Crippen LogP contribution in [-0.4, -0.2) is 20.1 Å². The fourth-order valence-corrected chi connectivity index (χ4v) is 2.91. The minimum Gasteiger partial charge on any atom is -0.485 e. The van der Waals surface area contributed by atoms with E-state index < -0.39 is 4.92 Å². The molecule has 0 saturated heterocycles. The van der Waals surface area contributed by atoms with Gasteiger partial charge in [-0.05, 0) is 24.1 Å². The molecule has 0 aliphatic heterocycles. The van der Waals surface area contributed by atoms with Gasteiger partial charge in [0, 0.05) is 17.9 Å². The number of thioether (sulfide) groups is 1. The summed E-state index contributed by atoms with van der Waals surface area (Å²) < 4.78 is 5.73. The number of nitro groups is 1. The van der Waals surface area contributed by atoms with Gasteiger partial charge >= 0.3 is 0 Å². The topological polar surface area (TPSA) is 93.9 Å². The summed E-state index contributed by atoms with van der Waals surface area (Å²) in [6.45, 7) is 2.30. The van der Waals surface area contributed by atoms with Gasteiger partial charge in [-0.3, -0.25) is 15.2 Å². The van der Waals surface area contributed by atoms with Gasteiger partial charge < -0.3 is 4.74 Å². The third-order valence-corrected chi connectivity index (χ3v) is 4.40. The van der Waals surface area contributed by atoms with E-state index in [2.05, 4.69) is 15.2 Å². The van der Waals surface area contributed by atoms with Gasteiger partial charge in [0.15, 0.2) is 5.82 Å². The Labute approximate surface area is 148 Å². The Hall–Kier alpha value is -2.87. The lowest BCUT2D eigenvalue weighted by atomic mass is 10.2. The molecule has 128 valence electrons. The number of non-ortho nitro benzene ring substituents is 1. The molecular weight excluding hydrogens is 340 g/mol. The zero-order valence-electron chi connectivity index (χ0n) is 13.5. The summed E-state index contributed by atoms with van der Waals surface area (Å²) in [5.74, 6) is 2.10.